The molecule has 0 radical (unpaired) electrons. The molecule has 2 bridgehead atoms. The number of rotatable bonds is 2. The molecule has 5 heteroatoms. The van der Waals surface area contributed by atoms with Crippen LogP contribution in [-0.2, 0) is 4.79 Å². The maximum Gasteiger partial charge on any atom is 0.238 e. The normalized spacial score (nSPS) is 35.5. The van der Waals surface area contributed by atoms with Crippen LogP contribution in [0.5, 0.6) is 0 Å². The lowest BCUT2D eigenvalue weighted by Crippen LogP contribution is -2.58. The molecule has 2 atom stereocenters. The Morgan fingerprint density at radius 1 is 1.14 bits per heavy atom. The molecule has 4 nitrogen and oxygen atoms in total. The number of carbonyl (C=O) groups is 1. The molecule has 5 rings (SSSR count). The third-order valence-corrected chi connectivity index (χ3v) is 5.43. The Bertz CT molecular complexity index is 539. The molecule has 1 aromatic carbocycles. The summed E-state index contributed by atoms with van der Waals surface area (Å²) in [5, 5.41) is 4.10. The van der Waals surface area contributed by atoms with Crippen LogP contribution in [0.15, 0.2) is 24.3 Å². The van der Waals surface area contributed by atoms with Crippen molar-refractivity contribution in [1.29, 1.82) is 0 Å². The van der Waals surface area contributed by atoms with Crippen molar-refractivity contribution < 1.29 is 4.79 Å². The van der Waals surface area contributed by atoms with Crippen LogP contribution in [-0.4, -0.2) is 47.9 Å². The van der Waals surface area contributed by atoms with E-state index in [4.69, 9.17) is 11.6 Å². The third-order valence-electron chi connectivity index (χ3n) is 5.18. The molecule has 1 aromatic rings. The van der Waals surface area contributed by atoms with E-state index in [1.807, 2.05) is 24.3 Å². The van der Waals surface area contributed by atoms with Gasteiger partial charge in [-0.05, 0) is 49.5 Å². The number of carbonyl (C=O) groups excluding carboxylic acids is 1. The van der Waals surface area contributed by atoms with E-state index >= 15 is 0 Å². The Labute approximate surface area is 130 Å². The standard InChI is InChI=1S/C16H20ClN3O/c17-13-3-1-12(2-4-13)16-18-9-15(21)20(16)14-10-19-7-5-11(14)6-8-19/h1-4,11,14,16,18H,5-10H2. The van der Waals surface area contributed by atoms with Crippen molar-refractivity contribution in [2.45, 2.75) is 25.0 Å². The van der Waals surface area contributed by atoms with Gasteiger partial charge in [-0.3, -0.25) is 10.1 Å². The molecule has 21 heavy (non-hydrogen) atoms. The lowest BCUT2D eigenvalue weighted by Gasteiger charge is -2.49. The monoisotopic (exact) mass is 305 g/mol. The maximum atomic E-state index is 12.4. The second-order valence-corrected chi connectivity index (χ2v) is 6.78. The molecule has 4 saturated heterocycles. The summed E-state index contributed by atoms with van der Waals surface area (Å²) in [7, 11) is 0. The zero-order valence-corrected chi connectivity index (χ0v) is 12.7. The van der Waals surface area contributed by atoms with E-state index < -0.39 is 0 Å². The molecule has 4 aliphatic rings. The van der Waals surface area contributed by atoms with Crippen molar-refractivity contribution in [3.63, 3.8) is 0 Å². The van der Waals surface area contributed by atoms with E-state index in [-0.39, 0.29) is 12.1 Å². The topological polar surface area (TPSA) is 35.6 Å². The highest BCUT2D eigenvalue weighted by molar-refractivity contribution is 6.30. The minimum atomic E-state index is 0.000293. The van der Waals surface area contributed by atoms with Gasteiger partial charge in [0.2, 0.25) is 5.91 Å². The molecule has 4 heterocycles. The highest BCUT2D eigenvalue weighted by atomic mass is 35.5. The molecule has 1 amide bonds. The predicted molar refractivity (Wildman–Crippen MR) is 82.0 cm³/mol. The molecule has 1 N–H and O–H groups in total. The predicted octanol–water partition coefficient (Wildman–Crippen LogP) is 1.86. The van der Waals surface area contributed by atoms with Crippen molar-refractivity contribution in [1.82, 2.24) is 15.1 Å². The van der Waals surface area contributed by atoms with Gasteiger partial charge in [0.1, 0.15) is 6.17 Å². The van der Waals surface area contributed by atoms with Crippen molar-refractivity contribution in [3.8, 4) is 0 Å². The van der Waals surface area contributed by atoms with Gasteiger partial charge in [0.05, 0.1) is 6.54 Å². The summed E-state index contributed by atoms with van der Waals surface area (Å²) >= 11 is 5.98. The largest absolute Gasteiger partial charge is 0.317 e. The van der Waals surface area contributed by atoms with Crippen molar-refractivity contribution in [2.24, 2.45) is 5.92 Å². The van der Waals surface area contributed by atoms with Crippen molar-refractivity contribution in [3.05, 3.63) is 34.9 Å². The summed E-state index contributed by atoms with van der Waals surface area (Å²) in [6.07, 6.45) is 2.45. The van der Waals surface area contributed by atoms with Crippen LogP contribution >= 0.6 is 11.6 Å². The quantitative estimate of drug-likeness (QED) is 0.906. The number of amides is 1. The van der Waals surface area contributed by atoms with Crippen LogP contribution in [0.2, 0.25) is 5.02 Å². The van der Waals surface area contributed by atoms with Crippen LogP contribution in [0.25, 0.3) is 0 Å². The van der Waals surface area contributed by atoms with Gasteiger partial charge in [-0.2, -0.15) is 0 Å². The number of nitrogens with one attached hydrogen (secondary N) is 1. The molecule has 4 aliphatic heterocycles. The van der Waals surface area contributed by atoms with E-state index in [2.05, 4.69) is 15.1 Å². The average molecular weight is 306 g/mol. The zero-order valence-electron chi connectivity index (χ0n) is 12.0. The minimum Gasteiger partial charge on any atom is -0.317 e. The van der Waals surface area contributed by atoms with Crippen molar-refractivity contribution in [2.75, 3.05) is 26.2 Å². The summed E-state index contributed by atoms with van der Waals surface area (Å²) in [4.78, 5) is 17.0. The molecule has 0 aromatic heterocycles. The first kappa shape index (κ1) is 13.6. The van der Waals surface area contributed by atoms with E-state index in [9.17, 15) is 4.79 Å². The highest BCUT2D eigenvalue weighted by Crippen LogP contribution is 2.36. The fourth-order valence-electron chi connectivity index (χ4n) is 4.07. The minimum absolute atomic E-state index is 0.000293. The number of fused-ring (bicyclic) bond motifs is 3. The Kier molecular flexibility index (Phi) is 3.40. The Balaban J connectivity index is 1.62. The van der Waals surface area contributed by atoms with E-state index in [1.165, 1.54) is 25.9 Å². The summed E-state index contributed by atoms with van der Waals surface area (Å²) in [6.45, 7) is 3.86. The van der Waals surface area contributed by atoms with Gasteiger partial charge in [0.25, 0.3) is 0 Å². The van der Waals surface area contributed by atoms with Gasteiger partial charge >= 0.3 is 0 Å². The average Bonchev–Trinajstić information content (AvgIpc) is 2.91. The van der Waals surface area contributed by atoms with Crippen LogP contribution < -0.4 is 5.32 Å². The maximum absolute atomic E-state index is 12.4. The van der Waals surface area contributed by atoms with Gasteiger partial charge in [-0.1, -0.05) is 23.7 Å². The third kappa shape index (κ3) is 2.35. The molecule has 4 fully saturated rings. The molecular weight excluding hydrogens is 286 g/mol. The van der Waals surface area contributed by atoms with Crippen LogP contribution in [0.4, 0.5) is 0 Å². The molecule has 0 saturated carbocycles. The van der Waals surface area contributed by atoms with E-state index in [0.29, 0.717) is 18.5 Å². The Morgan fingerprint density at radius 2 is 1.86 bits per heavy atom. The number of benzene rings is 1. The highest BCUT2D eigenvalue weighted by Gasteiger charge is 2.44. The van der Waals surface area contributed by atoms with Gasteiger partial charge in [-0.15, -0.1) is 0 Å². The van der Waals surface area contributed by atoms with Gasteiger partial charge < -0.3 is 9.80 Å². The smallest absolute Gasteiger partial charge is 0.238 e. The van der Waals surface area contributed by atoms with Crippen LogP contribution in [0.3, 0.4) is 0 Å². The molecule has 0 spiro atoms. The first-order chi connectivity index (χ1) is 10.2. The number of piperidine rings is 3. The first-order valence-corrected chi connectivity index (χ1v) is 8.12. The number of hydrogen-bond acceptors (Lipinski definition) is 3. The fraction of sp³-hybridized carbons (Fsp3) is 0.562. The molecule has 0 aliphatic carbocycles. The van der Waals surface area contributed by atoms with Crippen LogP contribution in [0, 0.1) is 5.92 Å². The zero-order chi connectivity index (χ0) is 14.4. The summed E-state index contributed by atoms with van der Waals surface area (Å²) in [5.41, 5.74) is 1.13. The van der Waals surface area contributed by atoms with E-state index in [0.717, 1.165) is 17.1 Å². The molecule has 112 valence electrons. The van der Waals surface area contributed by atoms with Gasteiger partial charge in [0.15, 0.2) is 0 Å². The van der Waals surface area contributed by atoms with Gasteiger partial charge in [-0.25, -0.2) is 0 Å². The summed E-state index contributed by atoms with van der Waals surface area (Å²) < 4.78 is 0. The second kappa shape index (κ2) is 5.27. The molecular formula is C16H20ClN3O. The Hall–Kier alpha value is -1.10. The summed E-state index contributed by atoms with van der Waals surface area (Å²) in [6, 6.07) is 8.20. The lowest BCUT2D eigenvalue weighted by atomic mass is 9.83. The summed E-state index contributed by atoms with van der Waals surface area (Å²) in [5.74, 6) is 0.891. The number of halogens is 1. The fourth-order valence-corrected chi connectivity index (χ4v) is 4.19. The molecule has 2 unspecified atom stereocenters. The van der Waals surface area contributed by atoms with Crippen molar-refractivity contribution >= 4 is 17.5 Å². The van der Waals surface area contributed by atoms with E-state index in [1.54, 1.807) is 0 Å². The second-order valence-electron chi connectivity index (χ2n) is 6.34. The van der Waals surface area contributed by atoms with Gasteiger partial charge in [0, 0.05) is 17.6 Å². The Morgan fingerprint density at radius 3 is 2.48 bits per heavy atom. The first-order valence-electron chi connectivity index (χ1n) is 7.75. The lowest BCUT2D eigenvalue weighted by molar-refractivity contribution is -0.135. The SMILES string of the molecule is O=C1CNC(c2ccc(Cl)cc2)N1C1CN2CCC1CC2. The number of hydrogen-bond donors (Lipinski definition) is 1. The number of nitrogens with zero attached hydrogens (tertiary/aromatic N) is 2. The van der Waals surface area contributed by atoms with Crippen LogP contribution in [0.1, 0.15) is 24.6 Å².